The van der Waals surface area contributed by atoms with E-state index in [0.29, 0.717) is 20.2 Å². The molecule has 62 heavy (non-hydrogen) atoms. The first-order chi connectivity index (χ1) is 30.0. The van der Waals surface area contributed by atoms with Gasteiger partial charge in [0.25, 0.3) is 22.2 Å². The van der Waals surface area contributed by atoms with Gasteiger partial charge in [-0.25, -0.2) is 0 Å². The lowest BCUT2D eigenvalue weighted by molar-refractivity contribution is 1.19. The maximum Gasteiger partial charge on any atom is 0.273 e. The minimum Gasteiger partial charge on any atom is -0.274 e. The molecule has 20 heteroatoms. The Balaban J connectivity index is 0.000000116. The number of fused-ring (bicyclic) bond motifs is 16. The van der Waals surface area contributed by atoms with Crippen LogP contribution in [-0.4, -0.2) is 27.6 Å². The smallest absolute Gasteiger partial charge is 0.273 e. The van der Waals surface area contributed by atoms with Gasteiger partial charge in [-0.15, -0.1) is 68.0 Å². The highest BCUT2D eigenvalue weighted by atomic mass is 79.9. The van der Waals surface area contributed by atoms with Crippen LogP contribution in [0.3, 0.4) is 0 Å². The van der Waals surface area contributed by atoms with E-state index in [0.717, 1.165) is 121 Å². The van der Waals surface area contributed by atoms with Crippen molar-refractivity contribution in [1.29, 1.82) is 0 Å². The van der Waals surface area contributed by atoms with Crippen LogP contribution in [0.15, 0.2) is 95.2 Å². The molecule has 0 atom stereocenters. The third-order valence-corrected chi connectivity index (χ3v) is 21.2. The van der Waals surface area contributed by atoms with Crippen LogP contribution in [0.5, 0.6) is 0 Å². The van der Waals surface area contributed by atoms with Gasteiger partial charge in [0.2, 0.25) is 0 Å². The molecule has 0 N–H and O–H groups in total. The Bertz CT molecular complexity index is 4990. The van der Waals surface area contributed by atoms with Crippen molar-refractivity contribution in [2.24, 2.45) is 0 Å². The molecule has 10 nitrogen and oxygen atoms in total. The summed E-state index contributed by atoms with van der Waals surface area (Å²) < 4.78 is 18.1. The summed E-state index contributed by atoms with van der Waals surface area (Å²) in [7, 11) is 0. The van der Waals surface area contributed by atoms with Gasteiger partial charge in [-0.2, -0.15) is 0 Å². The Labute approximate surface area is 397 Å². The van der Waals surface area contributed by atoms with E-state index >= 15 is 0 Å². The maximum atomic E-state index is 13.7. The van der Waals surface area contributed by atoms with E-state index in [9.17, 15) is 19.2 Å². The molecule has 0 aliphatic carbocycles. The molecule has 0 saturated carbocycles. The summed E-state index contributed by atoms with van der Waals surface area (Å²) in [6.45, 7) is 0. The summed E-state index contributed by atoms with van der Waals surface area (Å²) in [5.74, 6) is 0. The molecular formula is C42H10Br4N6O4S6. The minimum absolute atomic E-state index is 0.0555. The predicted octanol–water partition coefficient (Wildman–Crippen LogP) is 13.3. The van der Waals surface area contributed by atoms with Gasteiger partial charge in [-0.3, -0.25) is 46.7 Å². The van der Waals surface area contributed by atoms with Gasteiger partial charge in [0.05, 0.1) is 111 Å². The van der Waals surface area contributed by atoms with Crippen LogP contribution >= 0.6 is 132 Å². The van der Waals surface area contributed by atoms with Crippen molar-refractivity contribution in [3.63, 3.8) is 0 Å². The topological polar surface area (TPSA) is 112 Å². The summed E-state index contributed by atoms with van der Waals surface area (Å²) in [5.41, 5.74) is 8.02. The molecule has 16 aromatic rings. The molecule has 0 bridgehead atoms. The lowest BCUT2D eigenvalue weighted by Crippen LogP contribution is -2.14. The molecule has 0 aliphatic heterocycles. The first-order valence-electron chi connectivity index (χ1n) is 18.4. The third-order valence-electron chi connectivity index (χ3n) is 12.0. The fourth-order valence-electron chi connectivity index (χ4n) is 9.58. The Hall–Kier alpha value is -4.22. The molecule has 16 rings (SSSR count). The molecule has 0 fully saturated rings. The van der Waals surface area contributed by atoms with Gasteiger partial charge >= 0.3 is 0 Å². The Morgan fingerprint density at radius 3 is 1.40 bits per heavy atom. The Morgan fingerprint density at radius 2 is 0.839 bits per heavy atom. The van der Waals surface area contributed by atoms with E-state index in [1.165, 1.54) is 22.7 Å². The largest absolute Gasteiger partial charge is 0.274 e. The quantitative estimate of drug-likeness (QED) is 0.140. The van der Waals surface area contributed by atoms with E-state index in [1.807, 2.05) is 35.0 Å². The highest BCUT2D eigenvalue weighted by Gasteiger charge is 2.28. The van der Waals surface area contributed by atoms with E-state index in [1.54, 1.807) is 75.3 Å². The second kappa shape index (κ2) is 11.9. The van der Waals surface area contributed by atoms with Crippen molar-refractivity contribution in [2.75, 3.05) is 0 Å². The monoisotopic (exact) mass is 1170 g/mol. The summed E-state index contributed by atoms with van der Waals surface area (Å²) >= 11 is 23.5. The fourth-order valence-corrected chi connectivity index (χ4v) is 18.4. The molecule has 0 spiro atoms. The van der Waals surface area contributed by atoms with E-state index < -0.39 is 0 Å². The Kier molecular flexibility index (Phi) is 6.95. The van der Waals surface area contributed by atoms with Crippen molar-refractivity contribution >= 4 is 257 Å². The minimum atomic E-state index is -0.0999. The molecule has 296 valence electrons. The van der Waals surface area contributed by atoms with Crippen molar-refractivity contribution in [1.82, 2.24) is 27.6 Å². The highest BCUT2D eigenvalue weighted by Crippen LogP contribution is 2.46. The predicted molar refractivity (Wildman–Crippen MR) is 275 cm³/mol. The SMILES string of the molecule is O=c1c2sc3c4c(cnc(c24)c2cc4sc(Br)cc4n12)c(=O)n1c2cc(Br)sc2cc31.O=c1c2sc3c4c(cnc(c24)c2cc4scc(Br)c4n12)c(=O)n1c3cc2scc(Br)c21. The van der Waals surface area contributed by atoms with Crippen LogP contribution in [0.25, 0.3) is 125 Å². The van der Waals surface area contributed by atoms with Crippen LogP contribution in [-0.2, 0) is 0 Å². The number of nitrogens with zero attached hydrogens (tertiary/aromatic N) is 6. The number of hydrogen-bond acceptors (Lipinski definition) is 12. The Morgan fingerprint density at radius 1 is 0.419 bits per heavy atom. The van der Waals surface area contributed by atoms with Gasteiger partial charge in [-0.1, -0.05) is 0 Å². The first-order valence-corrected chi connectivity index (χ1v) is 26.5. The van der Waals surface area contributed by atoms with Gasteiger partial charge in [0.15, 0.2) is 0 Å². The normalized spacial score (nSPS) is 13.1. The average molecular weight is 1170 g/mol. The molecular weight excluding hydrogens is 1160 g/mol. The van der Waals surface area contributed by atoms with Gasteiger partial charge in [0, 0.05) is 44.7 Å². The van der Waals surface area contributed by atoms with E-state index in [4.69, 9.17) is 9.97 Å². The second-order valence-corrected chi connectivity index (χ2v) is 25.4. The van der Waals surface area contributed by atoms with Crippen LogP contribution in [0.4, 0.5) is 0 Å². The van der Waals surface area contributed by atoms with Crippen molar-refractivity contribution < 1.29 is 0 Å². The van der Waals surface area contributed by atoms with Crippen LogP contribution < -0.4 is 22.2 Å². The summed E-state index contributed by atoms with van der Waals surface area (Å²) in [5, 5.41) is 8.42. The average Bonchev–Trinajstić information content (AvgIpc) is 4.10. The summed E-state index contributed by atoms with van der Waals surface area (Å²) in [6, 6.07) is 12.1. The summed E-state index contributed by atoms with van der Waals surface area (Å²) in [4.78, 5) is 63.8. The third kappa shape index (κ3) is 4.19. The molecule has 0 aliphatic rings. The number of pyridine rings is 6. The number of hydrogen-bond donors (Lipinski definition) is 0. The summed E-state index contributed by atoms with van der Waals surface area (Å²) in [6.07, 6.45) is 3.35. The van der Waals surface area contributed by atoms with Crippen LogP contribution in [0, 0.1) is 0 Å². The molecule has 16 heterocycles. The number of thiophene rings is 6. The van der Waals surface area contributed by atoms with E-state index in [-0.39, 0.29) is 22.2 Å². The fraction of sp³-hybridized carbons (Fsp3) is 0. The zero-order valence-corrected chi connectivity index (χ0v) is 41.3. The molecule has 0 aromatic carbocycles. The first kappa shape index (κ1) is 36.2. The molecule has 16 aromatic heterocycles. The van der Waals surface area contributed by atoms with Gasteiger partial charge in [-0.05, 0) is 100 Å². The van der Waals surface area contributed by atoms with Crippen molar-refractivity contribution in [3.8, 4) is 0 Å². The van der Waals surface area contributed by atoms with Gasteiger partial charge < -0.3 is 0 Å². The second-order valence-electron chi connectivity index (χ2n) is 14.9. The zero-order chi connectivity index (χ0) is 41.5. The molecule has 0 unspecified atom stereocenters. The highest BCUT2D eigenvalue weighted by molar-refractivity contribution is 9.11. The number of rotatable bonds is 0. The standard InChI is InChI=1S/2C21H5Br2N3O2S3/c22-13-3-7-11(29-13)1-9-17-16-15-6(5-24-17)20(27)26-8-4-14(23)30-12(8)2-10(26)18(15)31-19(16)21(28)25(7)9;22-7-4-29-11-1-9-15-14-13-6(3-24-15)20(27)26-10(2-12-17(26)8(23)5-30-12)18(13)31-19(14)21(28)25(9)16(7)11/h2*1-5H. The van der Waals surface area contributed by atoms with Crippen LogP contribution in [0.1, 0.15) is 0 Å². The van der Waals surface area contributed by atoms with Crippen molar-refractivity contribution in [3.05, 3.63) is 117 Å². The molecule has 0 amide bonds. The molecule has 0 radical (unpaired) electrons. The maximum absolute atomic E-state index is 13.7. The lowest BCUT2D eigenvalue weighted by atomic mass is 10.1. The molecule has 0 saturated heterocycles. The van der Waals surface area contributed by atoms with Crippen molar-refractivity contribution in [2.45, 2.75) is 0 Å². The zero-order valence-electron chi connectivity index (χ0n) is 30.1. The van der Waals surface area contributed by atoms with E-state index in [2.05, 4.69) is 75.9 Å². The number of aromatic nitrogens is 6. The van der Waals surface area contributed by atoms with Crippen LogP contribution in [0.2, 0.25) is 0 Å². The lowest BCUT2D eigenvalue weighted by Gasteiger charge is -2.05. The van der Waals surface area contributed by atoms with Gasteiger partial charge in [0.1, 0.15) is 9.40 Å². The number of halogens is 4.